The number of amides is 1. The Morgan fingerprint density at radius 1 is 0.914 bits per heavy atom. The Morgan fingerprint density at radius 3 is 2.17 bits per heavy atom. The molecule has 2 aromatic rings. The topological polar surface area (TPSA) is 104 Å². The molecule has 1 saturated carbocycles. The molecule has 2 aromatic carbocycles. The van der Waals surface area contributed by atoms with E-state index in [1.54, 1.807) is 24.3 Å². The van der Waals surface area contributed by atoms with Gasteiger partial charge < -0.3 is 5.32 Å². The van der Waals surface area contributed by atoms with Crippen molar-refractivity contribution in [1.29, 1.82) is 0 Å². The third-order valence-electron chi connectivity index (χ3n) is 6.78. The standard InChI is InChI=1S/C25H33N3O5S2/c1-20-8-7-17-27(18-20)34(30,31)23-13-15-24(16-14-23)35(32,33)28(22-11-5-6-12-22)19-25(29)26-21-9-3-2-4-10-21/h2-4,9-10,13-16,20,22H,5-8,11-12,17-19H2,1H3,(H,26,29)/t20-/m0/s1. The van der Waals surface area contributed by atoms with Crippen LogP contribution >= 0.6 is 0 Å². The second-order valence-corrected chi connectivity index (χ2v) is 13.3. The molecule has 2 fully saturated rings. The summed E-state index contributed by atoms with van der Waals surface area (Å²) in [5.41, 5.74) is 0.600. The second kappa shape index (κ2) is 10.8. The van der Waals surface area contributed by atoms with Gasteiger partial charge in [0.05, 0.1) is 16.3 Å². The van der Waals surface area contributed by atoms with Gasteiger partial charge in [0.15, 0.2) is 0 Å². The quantitative estimate of drug-likeness (QED) is 0.573. The van der Waals surface area contributed by atoms with Gasteiger partial charge in [0.1, 0.15) is 0 Å². The van der Waals surface area contributed by atoms with Crippen LogP contribution in [0, 0.1) is 5.92 Å². The van der Waals surface area contributed by atoms with E-state index in [4.69, 9.17) is 0 Å². The zero-order valence-electron chi connectivity index (χ0n) is 20.0. The van der Waals surface area contributed by atoms with E-state index in [0.717, 1.165) is 25.7 Å². The average Bonchev–Trinajstić information content (AvgIpc) is 3.38. The number of benzene rings is 2. The number of rotatable bonds is 8. The minimum atomic E-state index is -4.00. The number of carbonyl (C=O) groups is 1. The maximum Gasteiger partial charge on any atom is 0.243 e. The normalized spacial score (nSPS) is 20.2. The lowest BCUT2D eigenvalue weighted by Gasteiger charge is -2.30. The zero-order valence-corrected chi connectivity index (χ0v) is 21.6. The highest BCUT2D eigenvalue weighted by molar-refractivity contribution is 7.89. The minimum absolute atomic E-state index is 0.0112. The first-order chi connectivity index (χ1) is 16.7. The first kappa shape index (κ1) is 25.8. The van der Waals surface area contributed by atoms with Gasteiger partial charge in [-0.1, -0.05) is 38.0 Å². The molecular formula is C25H33N3O5S2. The summed E-state index contributed by atoms with van der Waals surface area (Å²) in [7, 11) is -7.69. The largest absolute Gasteiger partial charge is 0.325 e. The highest BCUT2D eigenvalue weighted by atomic mass is 32.2. The molecule has 0 spiro atoms. The van der Waals surface area contributed by atoms with E-state index in [2.05, 4.69) is 5.32 Å². The Kier molecular flexibility index (Phi) is 7.95. The van der Waals surface area contributed by atoms with Crippen molar-refractivity contribution in [1.82, 2.24) is 8.61 Å². The van der Waals surface area contributed by atoms with Crippen LogP contribution in [0.2, 0.25) is 0 Å². The van der Waals surface area contributed by atoms with Crippen molar-refractivity contribution in [2.24, 2.45) is 5.92 Å². The van der Waals surface area contributed by atoms with Gasteiger partial charge in [-0.05, 0) is 68.0 Å². The fourth-order valence-corrected chi connectivity index (χ4v) is 8.14. The third-order valence-corrected chi connectivity index (χ3v) is 10.6. The van der Waals surface area contributed by atoms with Crippen LogP contribution in [-0.2, 0) is 24.8 Å². The summed E-state index contributed by atoms with van der Waals surface area (Å²) in [4.78, 5) is 12.8. The van der Waals surface area contributed by atoms with Gasteiger partial charge in [-0.3, -0.25) is 4.79 Å². The summed E-state index contributed by atoms with van der Waals surface area (Å²) in [6.45, 7) is 2.67. The van der Waals surface area contributed by atoms with Crippen LogP contribution in [0.3, 0.4) is 0 Å². The molecule has 1 heterocycles. The molecule has 0 unspecified atom stereocenters. The summed E-state index contributed by atoms with van der Waals surface area (Å²) in [5, 5.41) is 2.76. The van der Waals surface area contributed by atoms with Gasteiger partial charge in [0, 0.05) is 24.8 Å². The summed E-state index contributed by atoms with van der Waals surface area (Å²) in [5.74, 6) is -0.120. The minimum Gasteiger partial charge on any atom is -0.325 e. The molecular weight excluding hydrogens is 486 g/mol. The number of piperidine rings is 1. The molecule has 0 radical (unpaired) electrons. The van der Waals surface area contributed by atoms with Crippen LogP contribution in [0.15, 0.2) is 64.4 Å². The van der Waals surface area contributed by atoms with Gasteiger partial charge in [-0.2, -0.15) is 8.61 Å². The van der Waals surface area contributed by atoms with Gasteiger partial charge in [0.2, 0.25) is 26.0 Å². The van der Waals surface area contributed by atoms with Gasteiger partial charge >= 0.3 is 0 Å². The van der Waals surface area contributed by atoms with E-state index in [1.807, 2.05) is 13.0 Å². The highest BCUT2D eigenvalue weighted by Gasteiger charge is 2.35. The lowest BCUT2D eigenvalue weighted by molar-refractivity contribution is -0.116. The van der Waals surface area contributed by atoms with E-state index in [9.17, 15) is 21.6 Å². The van der Waals surface area contributed by atoms with Crippen molar-refractivity contribution >= 4 is 31.6 Å². The van der Waals surface area contributed by atoms with Crippen LogP contribution in [0.5, 0.6) is 0 Å². The molecule has 10 heteroatoms. The van der Waals surface area contributed by atoms with Crippen LogP contribution < -0.4 is 5.32 Å². The molecule has 35 heavy (non-hydrogen) atoms. The smallest absolute Gasteiger partial charge is 0.243 e. The lowest BCUT2D eigenvalue weighted by atomic mass is 10.0. The fourth-order valence-electron chi connectivity index (χ4n) is 4.90. The Bertz CT molecular complexity index is 1230. The number of carbonyl (C=O) groups excluding carboxylic acids is 1. The number of hydrogen-bond acceptors (Lipinski definition) is 5. The molecule has 1 aliphatic heterocycles. The van der Waals surface area contributed by atoms with E-state index >= 15 is 0 Å². The molecule has 0 bridgehead atoms. The molecule has 8 nitrogen and oxygen atoms in total. The van der Waals surface area contributed by atoms with Crippen LogP contribution in [0.4, 0.5) is 5.69 Å². The number of anilines is 1. The molecule has 1 N–H and O–H groups in total. The highest BCUT2D eigenvalue weighted by Crippen LogP contribution is 2.30. The van der Waals surface area contributed by atoms with Crippen molar-refractivity contribution in [3.8, 4) is 0 Å². The summed E-state index contributed by atoms with van der Waals surface area (Å²) < 4.78 is 56.1. The molecule has 1 amide bonds. The van der Waals surface area contributed by atoms with E-state index in [-0.39, 0.29) is 22.4 Å². The van der Waals surface area contributed by atoms with Crippen LogP contribution in [0.25, 0.3) is 0 Å². The Morgan fingerprint density at radius 2 is 1.54 bits per heavy atom. The van der Waals surface area contributed by atoms with Crippen LogP contribution in [-0.4, -0.2) is 57.0 Å². The summed E-state index contributed by atoms with van der Waals surface area (Å²) in [6.07, 6.45) is 5.01. The number of nitrogens with zero attached hydrogens (tertiary/aromatic N) is 2. The zero-order chi connectivity index (χ0) is 25.1. The van der Waals surface area contributed by atoms with Crippen molar-refractivity contribution in [3.63, 3.8) is 0 Å². The molecule has 0 aromatic heterocycles. The molecule has 4 rings (SSSR count). The number of nitrogens with one attached hydrogen (secondary N) is 1. The van der Waals surface area contributed by atoms with E-state index in [0.29, 0.717) is 37.5 Å². The van der Waals surface area contributed by atoms with Crippen molar-refractivity contribution < 1.29 is 21.6 Å². The Hall–Kier alpha value is -2.27. The maximum atomic E-state index is 13.6. The Labute approximate surface area is 208 Å². The first-order valence-corrected chi connectivity index (χ1v) is 15.0. The van der Waals surface area contributed by atoms with Crippen molar-refractivity contribution in [2.45, 2.75) is 61.3 Å². The van der Waals surface area contributed by atoms with Gasteiger partial charge in [-0.15, -0.1) is 0 Å². The number of para-hydroxylation sites is 1. The first-order valence-electron chi connectivity index (χ1n) is 12.1. The van der Waals surface area contributed by atoms with E-state index < -0.39 is 26.0 Å². The monoisotopic (exact) mass is 519 g/mol. The lowest BCUT2D eigenvalue weighted by Crippen LogP contribution is -2.43. The van der Waals surface area contributed by atoms with Crippen molar-refractivity contribution in [2.75, 3.05) is 25.0 Å². The molecule has 1 aliphatic carbocycles. The van der Waals surface area contributed by atoms with Crippen LogP contribution in [0.1, 0.15) is 45.4 Å². The Balaban J connectivity index is 1.55. The maximum absolute atomic E-state index is 13.6. The fraction of sp³-hybridized carbons (Fsp3) is 0.480. The van der Waals surface area contributed by atoms with Gasteiger partial charge in [-0.25, -0.2) is 16.8 Å². The van der Waals surface area contributed by atoms with E-state index in [1.165, 1.54) is 32.9 Å². The number of sulfonamides is 2. The number of hydrogen-bond donors (Lipinski definition) is 1. The molecule has 1 atom stereocenters. The second-order valence-electron chi connectivity index (χ2n) is 9.48. The molecule has 2 aliphatic rings. The summed E-state index contributed by atoms with van der Waals surface area (Å²) >= 11 is 0. The predicted octanol–water partition coefficient (Wildman–Crippen LogP) is 3.68. The van der Waals surface area contributed by atoms with Gasteiger partial charge in [0.25, 0.3) is 0 Å². The average molecular weight is 520 g/mol. The predicted molar refractivity (Wildman–Crippen MR) is 135 cm³/mol. The molecule has 1 saturated heterocycles. The molecule has 190 valence electrons. The SMILES string of the molecule is C[C@H]1CCCN(S(=O)(=O)c2ccc(S(=O)(=O)N(CC(=O)Nc3ccccc3)C3CCCC3)cc2)C1. The third kappa shape index (κ3) is 5.94. The van der Waals surface area contributed by atoms with Crippen molar-refractivity contribution in [3.05, 3.63) is 54.6 Å². The summed E-state index contributed by atoms with van der Waals surface area (Å²) in [6, 6.07) is 14.0.